The van der Waals surface area contributed by atoms with Crippen molar-refractivity contribution < 1.29 is 0 Å². The summed E-state index contributed by atoms with van der Waals surface area (Å²) < 4.78 is 0.935. The van der Waals surface area contributed by atoms with Gasteiger partial charge < -0.3 is 4.98 Å². The number of aromatic nitrogens is 2. The van der Waals surface area contributed by atoms with Gasteiger partial charge in [-0.15, -0.1) is 0 Å². The number of nitrogens with zero attached hydrogens (tertiary/aromatic N) is 2. The highest BCUT2D eigenvalue weighted by atomic mass is 127. The molecule has 14 heavy (non-hydrogen) atoms. The third-order valence-corrected chi connectivity index (χ3v) is 3.32. The summed E-state index contributed by atoms with van der Waals surface area (Å²) in [5.74, 6) is 0.846. The van der Waals surface area contributed by atoms with Crippen molar-refractivity contribution in [1.82, 2.24) is 9.97 Å². The summed E-state index contributed by atoms with van der Waals surface area (Å²) in [6, 6.07) is 6.03. The summed E-state index contributed by atoms with van der Waals surface area (Å²) in [5, 5.41) is 9.65. The number of H-pyrrole nitrogens is 1. The van der Waals surface area contributed by atoms with Crippen molar-refractivity contribution in [3.8, 4) is 6.07 Å². The maximum absolute atomic E-state index is 8.98. The lowest BCUT2D eigenvalue weighted by Gasteiger charge is -1.94. The van der Waals surface area contributed by atoms with Gasteiger partial charge in [0.15, 0.2) is 0 Å². The van der Waals surface area contributed by atoms with Gasteiger partial charge in [-0.25, -0.2) is 4.98 Å². The Morgan fingerprint density at radius 2 is 2.36 bits per heavy atom. The van der Waals surface area contributed by atoms with E-state index in [0.717, 1.165) is 20.4 Å². The van der Waals surface area contributed by atoms with Gasteiger partial charge in [0.25, 0.3) is 0 Å². The second kappa shape index (κ2) is 3.87. The van der Waals surface area contributed by atoms with Crippen molar-refractivity contribution in [2.45, 2.75) is 5.33 Å². The van der Waals surface area contributed by atoms with E-state index in [2.05, 4.69) is 54.6 Å². The average molecular weight is 362 g/mol. The molecule has 1 N–H and O–H groups in total. The SMILES string of the molecule is N#Cc1c(I)ccc2[nH]c(CBr)nc12. The minimum atomic E-state index is 0.645. The second-order valence-corrected chi connectivity index (χ2v) is 4.47. The normalized spacial score (nSPS) is 10.4. The lowest BCUT2D eigenvalue weighted by molar-refractivity contribution is 1.15. The fourth-order valence-corrected chi connectivity index (χ4v) is 2.09. The molecule has 0 unspecified atom stereocenters. The number of hydrogen-bond donors (Lipinski definition) is 1. The molecule has 2 rings (SSSR count). The number of nitrogens with one attached hydrogen (secondary N) is 1. The Labute approximate surface area is 103 Å². The van der Waals surface area contributed by atoms with E-state index in [4.69, 9.17) is 5.26 Å². The van der Waals surface area contributed by atoms with Gasteiger partial charge in [-0.05, 0) is 34.7 Å². The van der Waals surface area contributed by atoms with Crippen LogP contribution in [0.3, 0.4) is 0 Å². The molecule has 0 aliphatic rings. The average Bonchev–Trinajstić information content (AvgIpc) is 2.60. The molecule has 0 saturated heterocycles. The van der Waals surface area contributed by atoms with Gasteiger partial charge in [0, 0.05) is 3.57 Å². The Morgan fingerprint density at radius 3 is 3.00 bits per heavy atom. The van der Waals surface area contributed by atoms with Crippen LogP contribution in [0.4, 0.5) is 0 Å². The summed E-state index contributed by atoms with van der Waals surface area (Å²) in [6.07, 6.45) is 0. The number of rotatable bonds is 1. The van der Waals surface area contributed by atoms with E-state index in [1.165, 1.54) is 0 Å². The first kappa shape index (κ1) is 9.93. The zero-order valence-electron chi connectivity index (χ0n) is 7.01. The number of alkyl halides is 1. The molecule has 0 amide bonds. The Hall–Kier alpha value is -0.610. The van der Waals surface area contributed by atoms with Gasteiger partial charge in [-0.3, -0.25) is 0 Å². The Kier molecular flexibility index (Phi) is 2.74. The molecule has 0 atom stereocenters. The van der Waals surface area contributed by atoms with Crippen molar-refractivity contribution in [2.24, 2.45) is 0 Å². The summed E-state index contributed by atoms with van der Waals surface area (Å²) in [4.78, 5) is 7.47. The summed E-state index contributed by atoms with van der Waals surface area (Å²) in [5.41, 5.74) is 2.32. The molecule has 5 heteroatoms. The second-order valence-electron chi connectivity index (χ2n) is 2.75. The van der Waals surface area contributed by atoms with Crippen LogP contribution in [-0.2, 0) is 5.33 Å². The minimum Gasteiger partial charge on any atom is -0.341 e. The molecule has 0 bridgehead atoms. The van der Waals surface area contributed by atoms with E-state index < -0.39 is 0 Å². The lowest BCUT2D eigenvalue weighted by Crippen LogP contribution is -1.83. The van der Waals surface area contributed by atoms with E-state index in [0.29, 0.717) is 10.9 Å². The highest BCUT2D eigenvalue weighted by Gasteiger charge is 2.09. The Bertz CT molecular complexity index is 527. The molecule has 2 aromatic rings. The van der Waals surface area contributed by atoms with E-state index in [-0.39, 0.29) is 0 Å². The fourth-order valence-electron chi connectivity index (χ4n) is 1.27. The number of hydrogen-bond acceptors (Lipinski definition) is 2. The third kappa shape index (κ3) is 1.53. The molecule has 1 heterocycles. The lowest BCUT2D eigenvalue weighted by atomic mass is 10.2. The first-order chi connectivity index (χ1) is 6.76. The summed E-state index contributed by atoms with van der Waals surface area (Å²) in [7, 11) is 0. The molecule has 0 saturated carbocycles. The van der Waals surface area contributed by atoms with Gasteiger partial charge in [0.1, 0.15) is 17.4 Å². The quantitative estimate of drug-likeness (QED) is 0.627. The van der Waals surface area contributed by atoms with Crippen LogP contribution in [0.15, 0.2) is 12.1 Å². The zero-order valence-corrected chi connectivity index (χ0v) is 10.8. The van der Waals surface area contributed by atoms with E-state index >= 15 is 0 Å². The number of halogens is 2. The van der Waals surface area contributed by atoms with E-state index in [1.54, 1.807) is 0 Å². The predicted molar refractivity (Wildman–Crippen MR) is 66.2 cm³/mol. The largest absolute Gasteiger partial charge is 0.341 e. The summed E-state index contributed by atoms with van der Waals surface area (Å²) in [6.45, 7) is 0. The number of imidazole rings is 1. The first-order valence-corrected chi connectivity index (χ1v) is 6.09. The highest BCUT2D eigenvalue weighted by molar-refractivity contribution is 14.1. The van der Waals surface area contributed by atoms with Gasteiger partial charge in [-0.2, -0.15) is 5.26 Å². The zero-order chi connectivity index (χ0) is 10.1. The van der Waals surface area contributed by atoms with Crippen LogP contribution in [0.25, 0.3) is 11.0 Å². The number of benzene rings is 1. The van der Waals surface area contributed by atoms with Crippen molar-refractivity contribution in [2.75, 3.05) is 0 Å². The number of fused-ring (bicyclic) bond motifs is 1. The van der Waals surface area contributed by atoms with Gasteiger partial charge >= 0.3 is 0 Å². The highest BCUT2D eigenvalue weighted by Crippen LogP contribution is 2.21. The molecule has 1 aromatic heterocycles. The standard InChI is InChI=1S/C9H5BrIN3/c10-3-8-13-7-2-1-6(11)5(4-12)9(7)14-8/h1-2H,3H2,(H,13,14). The van der Waals surface area contributed by atoms with Crippen molar-refractivity contribution in [3.63, 3.8) is 0 Å². The van der Waals surface area contributed by atoms with Crippen molar-refractivity contribution in [3.05, 3.63) is 27.1 Å². The maximum Gasteiger partial charge on any atom is 0.117 e. The molecule has 3 nitrogen and oxygen atoms in total. The molecule has 1 aromatic carbocycles. The Morgan fingerprint density at radius 1 is 1.57 bits per heavy atom. The van der Waals surface area contributed by atoms with E-state index in [9.17, 15) is 0 Å². The Balaban J connectivity index is 2.81. The molecular formula is C9H5BrIN3. The molecular weight excluding hydrogens is 357 g/mol. The van der Waals surface area contributed by atoms with Crippen molar-refractivity contribution in [1.29, 1.82) is 5.26 Å². The number of nitriles is 1. The fraction of sp³-hybridized carbons (Fsp3) is 0.111. The van der Waals surface area contributed by atoms with Crippen molar-refractivity contribution >= 4 is 49.6 Å². The number of aromatic amines is 1. The van der Waals surface area contributed by atoms with Crippen LogP contribution < -0.4 is 0 Å². The van der Waals surface area contributed by atoms with E-state index in [1.807, 2.05) is 12.1 Å². The van der Waals surface area contributed by atoms with Gasteiger partial charge in [0.05, 0.1) is 16.4 Å². The molecule has 0 spiro atoms. The summed E-state index contributed by atoms with van der Waals surface area (Å²) >= 11 is 5.46. The molecule has 70 valence electrons. The molecule has 0 aliphatic carbocycles. The van der Waals surface area contributed by atoms with Crippen LogP contribution in [0, 0.1) is 14.9 Å². The molecule has 0 aliphatic heterocycles. The maximum atomic E-state index is 8.98. The smallest absolute Gasteiger partial charge is 0.117 e. The van der Waals surface area contributed by atoms with Crippen LogP contribution >= 0.6 is 38.5 Å². The van der Waals surface area contributed by atoms with Crippen LogP contribution in [0.1, 0.15) is 11.4 Å². The van der Waals surface area contributed by atoms with Gasteiger partial charge in [-0.1, -0.05) is 15.9 Å². The monoisotopic (exact) mass is 361 g/mol. The molecule has 0 fully saturated rings. The van der Waals surface area contributed by atoms with Crippen LogP contribution in [-0.4, -0.2) is 9.97 Å². The predicted octanol–water partition coefficient (Wildman–Crippen LogP) is 2.93. The topological polar surface area (TPSA) is 52.5 Å². The molecule has 0 radical (unpaired) electrons. The van der Waals surface area contributed by atoms with Crippen LogP contribution in [0.5, 0.6) is 0 Å². The van der Waals surface area contributed by atoms with Crippen LogP contribution in [0.2, 0.25) is 0 Å². The van der Waals surface area contributed by atoms with Gasteiger partial charge in [0.2, 0.25) is 0 Å². The minimum absolute atomic E-state index is 0.645. The third-order valence-electron chi connectivity index (χ3n) is 1.89. The first-order valence-electron chi connectivity index (χ1n) is 3.89.